The van der Waals surface area contributed by atoms with Crippen molar-refractivity contribution in [3.8, 4) is 0 Å². The average Bonchev–Trinajstić information content (AvgIpc) is 2.43. The van der Waals surface area contributed by atoms with E-state index in [0.29, 0.717) is 6.42 Å². The molecule has 1 amide bonds. The van der Waals surface area contributed by atoms with E-state index in [-0.39, 0.29) is 18.4 Å². The summed E-state index contributed by atoms with van der Waals surface area (Å²) in [6, 6.07) is 0. The number of allylic oxidation sites excluding steroid dienone is 2. The minimum atomic E-state index is 0.0724. The highest BCUT2D eigenvalue weighted by atomic mass is 16.3. The van der Waals surface area contributed by atoms with Crippen molar-refractivity contribution in [1.82, 2.24) is 5.32 Å². The van der Waals surface area contributed by atoms with Crippen LogP contribution in [0.25, 0.3) is 0 Å². The topological polar surface area (TPSA) is 49.3 Å². The Balaban J connectivity index is 2.15. The van der Waals surface area contributed by atoms with Gasteiger partial charge in [-0.05, 0) is 12.0 Å². The van der Waals surface area contributed by atoms with Crippen LogP contribution < -0.4 is 5.32 Å². The fourth-order valence-electron chi connectivity index (χ4n) is 1.62. The highest BCUT2D eigenvalue weighted by molar-refractivity contribution is 5.85. The molecular formula is C9H11NO2. The number of carbonyl (C=O) groups is 1. The molecule has 0 bridgehead atoms. The minimum Gasteiger partial charge on any atom is -0.396 e. The summed E-state index contributed by atoms with van der Waals surface area (Å²) in [5.74, 6) is 0.255. The summed E-state index contributed by atoms with van der Waals surface area (Å²) in [6.07, 6.45) is 5.19. The Morgan fingerprint density at radius 3 is 3.25 bits per heavy atom. The second kappa shape index (κ2) is 2.75. The summed E-state index contributed by atoms with van der Waals surface area (Å²) in [6.45, 7) is 0.156. The predicted molar refractivity (Wildman–Crippen MR) is 44.1 cm³/mol. The first-order chi connectivity index (χ1) is 5.79. The van der Waals surface area contributed by atoms with E-state index >= 15 is 0 Å². The maximum Gasteiger partial charge on any atom is 0.228 e. The monoisotopic (exact) mass is 165 g/mol. The van der Waals surface area contributed by atoms with Gasteiger partial charge in [-0.15, -0.1) is 0 Å². The van der Waals surface area contributed by atoms with Gasteiger partial charge in [-0.1, -0.05) is 12.2 Å². The van der Waals surface area contributed by atoms with Gasteiger partial charge in [0.2, 0.25) is 5.91 Å². The first kappa shape index (κ1) is 7.55. The lowest BCUT2D eigenvalue weighted by atomic mass is 9.95. The van der Waals surface area contributed by atoms with Crippen LogP contribution in [0.3, 0.4) is 0 Å². The zero-order chi connectivity index (χ0) is 8.55. The van der Waals surface area contributed by atoms with Gasteiger partial charge in [-0.25, -0.2) is 0 Å². The Kier molecular flexibility index (Phi) is 1.73. The molecular weight excluding hydrogens is 154 g/mol. The molecule has 1 unspecified atom stereocenters. The summed E-state index contributed by atoms with van der Waals surface area (Å²) in [5, 5.41) is 11.7. The van der Waals surface area contributed by atoms with Crippen molar-refractivity contribution in [2.75, 3.05) is 6.61 Å². The summed E-state index contributed by atoms with van der Waals surface area (Å²) >= 11 is 0. The van der Waals surface area contributed by atoms with Crippen LogP contribution in [0.5, 0.6) is 0 Å². The van der Waals surface area contributed by atoms with E-state index in [2.05, 4.69) is 5.32 Å². The molecule has 0 saturated heterocycles. The number of hydrogen-bond donors (Lipinski definition) is 2. The molecule has 0 spiro atoms. The van der Waals surface area contributed by atoms with E-state index in [1.807, 2.05) is 12.2 Å². The third-order valence-electron chi connectivity index (χ3n) is 2.30. The first-order valence-corrected chi connectivity index (χ1v) is 4.10. The fraction of sp³-hybridized carbons (Fsp3) is 0.444. The number of hydrogen-bond acceptors (Lipinski definition) is 2. The molecule has 0 radical (unpaired) electrons. The summed E-state index contributed by atoms with van der Waals surface area (Å²) < 4.78 is 0. The minimum absolute atomic E-state index is 0.0724. The predicted octanol–water partition coefficient (Wildman–Crippen LogP) is 0.329. The number of aliphatic hydroxyl groups is 1. The molecule has 0 aromatic rings. The average molecular weight is 165 g/mol. The first-order valence-electron chi connectivity index (χ1n) is 4.10. The zero-order valence-electron chi connectivity index (χ0n) is 6.71. The van der Waals surface area contributed by atoms with E-state index in [4.69, 9.17) is 5.11 Å². The Hall–Kier alpha value is -1.09. The standard InChI is InChI=1S/C9H11NO2/c11-5-6-1-2-7-4-9(12)10-8(7)3-6/h1-2,6,11H,3-5H2,(H,10,12). The van der Waals surface area contributed by atoms with E-state index < -0.39 is 0 Å². The lowest BCUT2D eigenvalue weighted by Gasteiger charge is -2.15. The SMILES string of the molecule is O=C1CC2=C(CC(CO)C=C2)N1. The third kappa shape index (κ3) is 1.16. The van der Waals surface area contributed by atoms with E-state index in [0.717, 1.165) is 17.7 Å². The second-order valence-electron chi connectivity index (χ2n) is 3.23. The number of amides is 1. The van der Waals surface area contributed by atoms with Gasteiger partial charge in [0.15, 0.2) is 0 Å². The lowest BCUT2D eigenvalue weighted by Crippen LogP contribution is -2.18. The maximum atomic E-state index is 11.0. The molecule has 3 nitrogen and oxygen atoms in total. The molecule has 0 saturated carbocycles. The van der Waals surface area contributed by atoms with Gasteiger partial charge >= 0.3 is 0 Å². The Bertz CT molecular complexity index is 278. The van der Waals surface area contributed by atoms with Gasteiger partial charge in [-0.3, -0.25) is 4.79 Å². The van der Waals surface area contributed by atoms with E-state index in [1.165, 1.54) is 0 Å². The van der Waals surface area contributed by atoms with Gasteiger partial charge < -0.3 is 10.4 Å². The van der Waals surface area contributed by atoms with Crippen LogP contribution in [0.15, 0.2) is 23.4 Å². The Morgan fingerprint density at radius 2 is 2.50 bits per heavy atom. The number of carbonyl (C=O) groups excluding carboxylic acids is 1. The van der Waals surface area contributed by atoms with Crippen LogP contribution in [0, 0.1) is 5.92 Å². The summed E-state index contributed by atoms with van der Waals surface area (Å²) in [5.41, 5.74) is 2.09. The third-order valence-corrected chi connectivity index (χ3v) is 2.30. The van der Waals surface area contributed by atoms with Gasteiger partial charge in [0.1, 0.15) is 0 Å². The fourth-order valence-corrected chi connectivity index (χ4v) is 1.62. The van der Waals surface area contributed by atoms with Crippen LogP contribution in [0.4, 0.5) is 0 Å². The molecule has 1 aliphatic carbocycles. The summed E-state index contributed by atoms with van der Waals surface area (Å²) in [4.78, 5) is 11.0. The molecule has 0 fully saturated rings. The van der Waals surface area contributed by atoms with Crippen molar-refractivity contribution < 1.29 is 9.90 Å². The second-order valence-corrected chi connectivity index (χ2v) is 3.23. The van der Waals surface area contributed by atoms with Crippen molar-refractivity contribution in [2.24, 2.45) is 5.92 Å². The van der Waals surface area contributed by atoms with Crippen molar-refractivity contribution >= 4 is 5.91 Å². The van der Waals surface area contributed by atoms with Crippen LogP contribution in [-0.4, -0.2) is 17.6 Å². The molecule has 64 valence electrons. The largest absolute Gasteiger partial charge is 0.396 e. The van der Waals surface area contributed by atoms with Crippen molar-refractivity contribution in [1.29, 1.82) is 0 Å². The van der Waals surface area contributed by atoms with Gasteiger partial charge in [0, 0.05) is 18.2 Å². The van der Waals surface area contributed by atoms with E-state index in [1.54, 1.807) is 0 Å². The van der Waals surface area contributed by atoms with Gasteiger partial charge in [0.25, 0.3) is 0 Å². The molecule has 2 N–H and O–H groups in total. The van der Waals surface area contributed by atoms with Crippen LogP contribution in [-0.2, 0) is 4.79 Å². The number of rotatable bonds is 1. The molecule has 0 aromatic carbocycles. The van der Waals surface area contributed by atoms with Crippen LogP contribution in [0.2, 0.25) is 0 Å². The lowest BCUT2D eigenvalue weighted by molar-refractivity contribution is -0.118. The Morgan fingerprint density at radius 1 is 1.67 bits per heavy atom. The van der Waals surface area contributed by atoms with Crippen molar-refractivity contribution in [3.63, 3.8) is 0 Å². The van der Waals surface area contributed by atoms with Crippen molar-refractivity contribution in [3.05, 3.63) is 23.4 Å². The molecule has 2 aliphatic rings. The summed E-state index contributed by atoms with van der Waals surface area (Å²) in [7, 11) is 0. The normalized spacial score (nSPS) is 27.4. The van der Waals surface area contributed by atoms with E-state index in [9.17, 15) is 4.79 Å². The molecule has 12 heavy (non-hydrogen) atoms. The van der Waals surface area contributed by atoms with Crippen LogP contribution in [0.1, 0.15) is 12.8 Å². The molecule has 1 heterocycles. The highest BCUT2D eigenvalue weighted by Crippen LogP contribution is 2.27. The maximum absolute atomic E-state index is 11.0. The van der Waals surface area contributed by atoms with Gasteiger partial charge in [-0.2, -0.15) is 0 Å². The molecule has 1 atom stereocenters. The Labute approximate surface area is 70.8 Å². The van der Waals surface area contributed by atoms with Gasteiger partial charge in [0.05, 0.1) is 6.42 Å². The smallest absolute Gasteiger partial charge is 0.228 e. The molecule has 0 aromatic heterocycles. The quantitative estimate of drug-likeness (QED) is 0.588. The number of aliphatic hydroxyl groups excluding tert-OH is 1. The zero-order valence-corrected chi connectivity index (χ0v) is 6.71. The van der Waals surface area contributed by atoms with Crippen LogP contribution >= 0.6 is 0 Å². The molecule has 1 aliphatic heterocycles. The molecule has 3 heteroatoms. The highest BCUT2D eigenvalue weighted by Gasteiger charge is 2.23. The van der Waals surface area contributed by atoms with Crippen molar-refractivity contribution in [2.45, 2.75) is 12.8 Å². The molecule has 2 rings (SSSR count). The number of nitrogens with one attached hydrogen (secondary N) is 1.